The Morgan fingerprint density at radius 2 is 2.04 bits per heavy atom. The van der Waals surface area contributed by atoms with Crippen molar-refractivity contribution in [2.45, 2.75) is 32.4 Å². The molecule has 0 spiro atoms. The second-order valence-electron chi connectivity index (χ2n) is 6.33. The van der Waals surface area contributed by atoms with Crippen LogP contribution in [0, 0.1) is 6.92 Å². The molecular weight excluding hydrogens is 306 g/mol. The van der Waals surface area contributed by atoms with Crippen molar-refractivity contribution in [1.29, 1.82) is 0 Å². The van der Waals surface area contributed by atoms with Gasteiger partial charge in [0.15, 0.2) is 5.43 Å². The Bertz CT molecular complexity index is 856. The summed E-state index contributed by atoms with van der Waals surface area (Å²) in [6.45, 7) is 2.52. The zero-order chi connectivity index (χ0) is 17.3. The highest BCUT2D eigenvalue weighted by molar-refractivity contribution is 5.83. The van der Waals surface area contributed by atoms with Crippen molar-refractivity contribution in [3.63, 3.8) is 0 Å². The summed E-state index contributed by atoms with van der Waals surface area (Å²) >= 11 is 0. The largest absolute Gasteiger partial charge is 0.350 e. The summed E-state index contributed by atoms with van der Waals surface area (Å²) in [6.07, 6.45) is 1.13. The van der Waals surface area contributed by atoms with Gasteiger partial charge in [0.1, 0.15) is 6.54 Å². The summed E-state index contributed by atoms with van der Waals surface area (Å²) in [5, 5.41) is 3.60. The molecule has 2 amide bonds. The van der Waals surface area contributed by atoms with E-state index in [1.807, 2.05) is 29.7 Å². The van der Waals surface area contributed by atoms with Crippen molar-refractivity contribution >= 4 is 22.7 Å². The molecule has 1 unspecified atom stereocenters. The van der Waals surface area contributed by atoms with Gasteiger partial charge in [-0.05, 0) is 25.5 Å². The number of carbonyl (C=O) groups excluding carboxylic acids is 2. The first-order chi connectivity index (χ1) is 11.5. The Labute approximate surface area is 140 Å². The lowest BCUT2D eigenvalue weighted by Gasteiger charge is -2.30. The number of carbonyl (C=O) groups is 2. The molecule has 0 aliphatic carbocycles. The summed E-state index contributed by atoms with van der Waals surface area (Å²) in [7, 11) is 1.75. The SMILES string of the molecule is Cc1cc(=O)c2ccccc2n1CC(=O)NC1CCC(=O)N(C)C1. The number of fused-ring (bicyclic) bond motifs is 1. The molecule has 2 heterocycles. The Hall–Kier alpha value is -2.63. The first-order valence-corrected chi connectivity index (χ1v) is 8.08. The lowest BCUT2D eigenvalue weighted by Crippen LogP contribution is -2.49. The van der Waals surface area contributed by atoms with E-state index in [0.717, 1.165) is 11.2 Å². The number of aryl methyl sites for hydroxylation is 1. The Morgan fingerprint density at radius 1 is 1.29 bits per heavy atom. The molecule has 6 nitrogen and oxygen atoms in total. The molecule has 0 saturated carbocycles. The van der Waals surface area contributed by atoms with E-state index in [0.29, 0.717) is 24.8 Å². The topological polar surface area (TPSA) is 71.4 Å². The van der Waals surface area contributed by atoms with Crippen LogP contribution in [0.4, 0.5) is 0 Å². The number of para-hydroxylation sites is 1. The zero-order valence-corrected chi connectivity index (χ0v) is 13.9. The number of rotatable bonds is 3. The quantitative estimate of drug-likeness (QED) is 0.916. The molecule has 1 N–H and O–H groups in total. The summed E-state index contributed by atoms with van der Waals surface area (Å²) in [5.74, 6) is 0.00222. The van der Waals surface area contributed by atoms with Crippen LogP contribution in [-0.4, -0.2) is 40.9 Å². The van der Waals surface area contributed by atoms with Crippen LogP contribution in [0.5, 0.6) is 0 Å². The van der Waals surface area contributed by atoms with Crippen molar-refractivity contribution in [3.05, 3.63) is 46.2 Å². The number of likely N-dealkylation sites (N-methyl/N-ethyl adjacent to an activating group) is 1. The smallest absolute Gasteiger partial charge is 0.240 e. The molecule has 1 atom stereocenters. The summed E-state index contributed by atoms with van der Waals surface area (Å²) in [5.41, 5.74) is 1.48. The third-order valence-electron chi connectivity index (χ3n) is 4.52. The van der Waals surface area contributed by atoms with E-state index in [4.69, 9.17) is 0 Å². The first kappa shape index (κ1) is 16.2. The van der Waals surface area contributed by atoms with E-state index < -0.39 is 0 Å². The molecule has 1 aromatic carbocycles. The normalized spacial score (nSPS) is 18.0. The number of hydrogen-bond donors (Lipinski definition) is 1. The standard InChI is InChI=1S/C18H21N3O3/c1-12-9-16(22)14-5-3-4-6-15(14)21(12)11-17(23)19-13-7-8-18(24)20(2)10-13/h3-6,9,13H,7-8,10-11H2,1-2H3,(H,19,23). The molecule has 24 heavy (non-hydrogen) atoms. The van der Waals surface area contributed by atoms with E-state index in [1.165, 1.54) is 0 Å². The Kier molecular flexibility index (Phi) is 4.38. The molecule has 0 radical (unpaired) electrons. The molecular formula is C18H21N3O3. The molecule has 1 aliphatic heterocycles. The number of likely N-dealkylation sites (tertiary alicyclic amines) is 1. The number of aromatic nitrogens is 1. The lowest BCUT2D eigenvalue weighted by atomic mass is 10.1. The number of benzene rings is 1. The summed E-state index contributed by atoms with van der Waals surface area (Å²) in [4.78, 5) is 37.7. The number of nitrogens with one attached hydrogen (secondary N) is 1. The zero-order valence-electron chi connectivity index (χ0n) is 13.9. The number of piperidine rings is 1. The van der Waals surface area contributed by atoms with Gasteiger partial charge in [-0.25, -0.2) is 0 Å². The summed E-state index contributed by atoms with van der Waals surface area (Å²) in [6, 6.07) is 8.83. The second kappa shape index (κ2) is 6.47. The fraction of sp³-hybridized carbons (Fsp3) is 0.389. The van der Waals surface area contributed by atoms with Crippen LogP contribution in [0.25, 0.3) is 10.9 Å². The van der Waals surface area contributed by atoms with E-state index in [9.17, 15) is 14.4 Å². The van der Waals surface area contributed by atoms with Gasteiger partial charge < -0.3 is 14.8 Å². The minimum absolute atomic E-state index is 0.0221. The second-order valence-corrected chi connectivity index (χ2v) is 6.33. The number of nitrogens with zero attached hydrogens (tertiary/aromatic N) is 2. The van der Waals surface area contributed by atoms with Crippen LogP contribution in [-0.2, 0) is 16.1 Å². The third-order valence-corrected chi connectivity index (χ3v) is 4.52. The van der Waals surface area contributed by atoms with Crippen molar-refractivity contribution in [2.24, 2.45) is 0 Å². The van der Waals surface area contributed by atoms with E-state index in [2.05, 4.69) is 5.32 Å². The maximum Gasteiger partial charge on any atom is 0.240 e. The molecule has 3 rings (SSSR count). The highest BCUT2D eigenvalue weighted by Crippen LogP contribution is 2.13. The van der Waals surface area contributed by atoms with Gasteiger partial charge in [0.2, 0.25) is 11.8 Å². The number of pyridine rings is 1. The Morgan fingerprint density at radius 3 is 2.79 bits per heavy atom. The molecule has 1 saturated heterocycles. The highest BCUT2D eigenvalue weighted by Gasteiger charge is 2.24. The monoisotopic (exact) mass is 327 g/mol. The minimum Gasteiger partial charge on any atom is -0.350 e. The third kappa shape index (κ3) is 3.18. The van der Waals surface area contributed by atoms with E-state index >= 15 is 0 Å². The maximum atomic E-state index is 12.4. The Balaban J connectivity index is 1.79. The predicted octanol–water partition coefficient (Wildman–Crippen LogP) is 1.05. The van der Waals surface area contributed by atoms with Gasteiger partial charge in [-0.1, -0.05) is 12.1 Å². The molecule has 1 aromatic heterocycles. The van der Waals surface area contributed by atoms with E-state index in [-0.39, 0.29) is 29.8 Å². The minimum atomic E-state index is -0.111. The maximum absolute atomic E-state index is 12.4. The number of amides is 2. The molecule has 1 aliphatic rings. The molecule has 6 heteroatoms. The average Bonchev–Trinajstić information content (AvgIpc) is 2.55. The number of hydrogen-bond acceptors (Lipinski definition) is 3. The first-order valence-electron chi connectivity index (χ1n) is 8.08. The van der Waals surface area contributed by atoms with Gasteiger partial charge in [-0.2, -0.15) is 0 Å². The molecule has 126 valence electrons. The molecule has 2 aromatic rings. The van der Waals surface area contributed by atoms with Gasteiger partial charge in [0.05, 0.1) is 5.52 Å². The molecule has 0 bridgehead atoms. The van der Waals surface area contributed by atoms with Crippen LogP contribution in [0.2, 0.25) is 0 Å². The van der Waals surface area contributed by atoms with Gasteiger partial charge in [0, 0.05) is 43.2 Å². The summed E-state index contributed by atoms with van der Waals surface area (Å²) < 4.78 is 1.85. The van der Waals surface area contributed by atoms with Gasteiger partial charge in [-0.15, -0.1) is 0 Å². The highest BCUT2D eigenvalue weighted by atomic mass is 16.2. The van der Waals surface area contributed by atoms with Crippen molar-refractivity contribution in [1.82, 2.24) is 14.8 Å². The van der Waals surface area contributed by atoms with Crippen molar-refractivity contribution in [3.8, 4) is 0 Å². The molecule has 1 fully saturated rings. The van der Waals surface area contributed by atoms with Crippen molar-refractivity contribution < 1.29 is 9.59 Å². The van der Waals surface area contributed by atoms with E-state index in [1.54, 1.807) is 24.1 Å². The van der Waals surface area contributed by atoms with Crippen LogP contribution in [0.3, 0.4) is 0 Å². The van der Waals surface area contributed by atoms with Gasteiger partial charge in [0.25, 0.3) is 0 Å². The van der Waals surface area contributed by atoms with Crippen LogP contribution in [0.15, 0.2) is 35.1 Å². The van der Waals surface area contributed by atoms with Crippen molar-refractivity contribution in [2.75, 3.05) is 13.6 Å². The average molecular weight is 327 g/mol. The fourth-order valence-corrected chi connectivity index (χ4v) is 3.21. The predicted molar refractivity (Wildman–Crippen MR) is 91.7 cm³/mol. The van der Waals surface area contributed by atoms with Gasteiger partial charge in [-0.3, -0.25) is 14.4 Å². The lowest BCUT2D eigenvalue weighted by molar-refractivity contribution is -0.134. The van der Waals surface area contributed by atoms with Crippen LogP contribution in [0.1, 0.15) is 18.5 Å². The van der Waals surface area contributed by atoms with Crippen LogP contribution < -0.4 is 10.7 Å². The van der Waals surface area contributed by atoms with Gasteiger partial charge >= 0.3 is 0 Å². The van der Waals surface area contributed by atoms with Crippen LogP contribution >= 0.6 is 0 Å². The fourth-order valence-electron chi connectivity index (χ4n) is 3.21.